The zero-order valence-corrected chi connectivity index (χ0v) is 30.7. The molecule has 0 aromatic heterocycles. The maximum Gasteiger partial charge on any atom is 0.306 e. The van der Waals surface area contributed by atoms with E-state index in [-0.39, 0.29) is 25.2 Å². The number of ether oxygens (including phenoxy) is 2. The lowest BCUT2D eigenvalue weighted by Crippen LogP contribution is -2.28. The van der Waals surface area contributed by atoms with E-state index >= 15 is 0 Å². The lowest BCUT2D eigenvalue weighted by molar-refractivity contribution is -0.161. The average Bonchev–Trinajstić information content (AvgIpc) is 3.09. The number of hydrogen-bond donors (Lipinski definition) is 1. The molecule has 1 atom stereocenters. The van der Waals surface area contributed by atoms with E-state index in [0.29, 0.717) is 19.3 Å². The highest BCUT2D eigenvalue weighted by atomic mass is 16.6. The maximum atomic E-state index is 12.1. The lowest BCUT2D eigenvalue weighted by atomic mass is 10.1. The number of hydrogen-bond acceptors (Lipinski definition) is 5. The van der Waals surface area contributed by atoms with Crippen molar-refractivity contribution in [3.05, 3.63) is 85.1 Å². The van der Waals surface area contributed by atoms with Gasteiger partial charge in [0.1, 0.15) is 6.61 Å². The molecule has 48 heavy (non-hydrogen) atoms. The summed E-state index contributed by atoms with van der Waals surface area (Å²) in [5.41, 5.74) is 0. The molecule has 1 N–H and O–H groups in total. The zero-order valence-electron chi connectivity index (χ0n) is 30.7. The highest BCUT2D eigenvalue weighted by Crippen LogP contribution is 2.10. The Labute approximate surface area is 295 Å². The van der Waals surface area contributed by atoms with Crippen LogP contribution in [0.25, 0.3) is 0 Å². The quantitative estimate of drug-likeness (QED) is 0.0429. The van der Waals surface area contributed by atoms with Gasteiger partial charge in [-0.3, -0.25) is 9.59 Å². The molecule has 0 fully saturated rings. The highest BCUT2D eigenvalue weighted by molar-refractivity contribution is 5.70. The second-order valence-corrected chi connectivity index (χ2v) is 12.3. The Balaban J connectivity index is 3.73. The van der Waals surface area contributed by atoms with E-state index in [0.717, 1.165) is 77.0 Å². The molecule has 0 heterocycles. The van der Waals surface area contributed by atoms with Crippen LogP contribution in [0.15, 0.2) is 85.1 Å². The molecule has 0 radical (unpaired) electrons. The van der Waals surface area contributed by atoms with Gasteiger partial charge in [-0.2, -0.15) is 0 Å². The minimum atomic E-state index is -0.809. The summed E-state index contributed by atoms with van der Waals surface area (Å²) in [6, 6.07) is 0. The van der Waals surface area contributed by atoms with Gasteiger partial charge in [-0.1, -0.05) is 144 Å². The molecule has 0 amide bonds. The Hall–Kier alpha value is -2.92. The average molecular weight is 667 g/mol. The number of unbranched alkanes of at least 4 members (excludes halogenated alkanes) is 11. The lowest BCUT2D eigenvalue weighted by Gasteiger charge is -2.15. The van der Waals surface area contributed by atoms with Crippen LogP contribution in [-0.2, 0) is 19.1 Å². The second-order valence-electron chi connectivity index (χ2n) is 12.3. The van der Waals surface area contributed by atoms with Crippen LogP contribution >= 0.6 is 0 Å². The predicted molar refractivity (Wildman–Crippen MR) is 205 cm³/mol. The van der Waals surface area contributed by atoms with E-state index in [4.69, 9.17) is 9.47 Å². The van der Waals surface area contributed by atoms with Gasteiger partial charge < -0.3 is 14.6 Å². The van der Waals surface area contributed by atoms with Crippen molar-refractivity contribution < 1.29 is 24.2 Å². The topological polar surface area (TPSA) is 72.8 Å². The minimum Gasteiger partial charge on any atom is -0.462 e. The van der Waals surface area contributed by atoms with Crippen LogP contribution in [0.2, 0.25) is 0 Å². The molecule has 0 aliphatic carbocycles. The van der Waals surface area contributed by atoms with Gasteiger partial charge in [0.15, 0.2) is 6.10 Å². The van der Waals surface area contributed by atoms with Crippen molar-refractivity contribution in [2.24, 2.45) is 0 Å². The molecule has 0 bridgehead atoms. The largest absolute Gasteiger partial charge is 0.462 e. The van der Waals surface area contributed by atoms with Crippen LogP contribution in [0, 0.1) is 0 Å². The first kappa shape index (κ1) is 45.1. The van der Waals surface area contributed by atoms with E-state index in [1.807, 2.05) is 0 Å². The molecule has 5 heteroatoms. The van der Waals surface area contributed by atoms with Crippen LogP contribution in [0.3, 0.4) is 0 Å². The van der Waals surface area contributed by atoms with Gasteiger partial charge in [0.05, 0.1) is 6.61 Å². The number of rotatable bonds is 33. The summed E-state index contributed by atoms with van der Waals surface area (Å²) in [4.78, 5) is 24.2. The summed E-state index contributed by atoms with van der Waals surface area (Å²) in [7, 11) is 0. The van der Waals surface area contributed by atoms with E-state index in [1.165, 1.54) is 44.9 Å². The van der Waals surface area contributed by atoms with Gasteiger partial charge in [0.25, 0.3) is 0 Å². The molecular formula is C43H70O5. The van der Waals surface area contributed by atoms with Crippen molar-refractivity contribution in [3.63, 3.8) is 0 Å². The number of esters is 2. The third-order valence-electron chi connectivity index (χ3n) is 7.67. The Morgan fingerprint density at radius 2 is 0.917 bits per heavy atom. The van der Waals surface area contributed by atoms with Crippen molar-refractivity contribution in [2.75, 3.05) is 13.2 Å². The SMILES string of the molecule is CCC=CCC=CCC=CCC=CCCCCCCC(=O)OC(CO)COC(=O)CCCC=CCC=CCC=CCCCCCCCC. The number of carbonyl (C=O) groups excluding carboxylic acids is 2. The third-order valence-corrected chi connectivity index (χ3v) is 7.67. The summed E-state index contributed by atoms with van der Waals surface area (Å²) in [6.45, 7) is 3.93. The molecular weight excluding hydrogens is 596 g/mol. The van der Waals surface area contributed by atoms with Crippen LogP contribution in [0.5, 0.6) is 0 Å². The summed E-state index contributed by atoms with van der Waals surface area (Å²) in [5, 5.41) is 9.54. The second kappa shape index (κ2) is 38.5. The molecule has 5 nitrogen and oxygen atoms in total. The standard InChI is InChI=1S/C43H70O5/c1-3-5-7-9-11-13-15-17-19-21-23-25-27-29-31-33-35-37-42(45)47-40-41(39-44)48-43(46)38-36-34-32-30-28-26-24-22-20-18-16-14-12-10-8-6-4-2/h6,8,12,14,17-20,23-26,29,31,41,44H,3-5,7,9-11,13,15-16,21-22,27-28,30,32-40H2,1-2H3. The Morgan fingerprint density at radius 1 is 0.500 bits per heavy atom. The molecule has 1 unspecified atom stereocenters. The van der Waals surface area contributed by atoms with Crippen molar-refractivity contribution in [1.29, 1.82) is 0 Å². The fourth-order valence-electron chi connectivity index (χ4n) is 4.79. The Bertz CT molecular complexity index is 937. The van der Waals surface area contributed by atoms with Crippen LogP contribution in [-0.4, -0.2) is 36.4 Å². The van der Waals surface area contributed by atoms with Crippen molar-refractivity contribution in [1.82, 2.24) is 0 Å². The van der Waals surface area contributed by atoms with E-state index in [9.17, 15) is 14.7 Å². The molecule has 0 aliphatic rings. The van der Waals surface area contributed by atoms with Crippen LogP contribution in [0.4, 0.5) is 0 Å². The highest BCUT2D eigenvalue weighted by Gasteiger charge is 2.15. The number of carbonyl (C=O) groups is 2. The minimum absolute atomic E-state index is 0.107. The van der Waals surface area contributed by atoms with Crippen LogP contribution < -0.4 is 0 Å². The Kier molecular flexibility index (Phi) is 36.2. The molecule has 0 spiro atoms. The predicted octanol–water partition coefficient (Wildman–Crippen LogP) is 11.9. The van der Waals surface area contributed by atoms with E-state index in [1.54, 1.807) is 0 Å². The van der Waals surface area contributed by atoms with Gasteiger partial charge in [-0.15, -0.1) is 0 Å². The summed E-state index contributed by atoms with van der Waals surface area (Å²) < 4.78 is 10.5. The molecule has 0 rings (SSSR count). The van der Waals surface area contributed by atoms with Crippen molar-refractivity contribution >= 4 is 11.9 Å². The van der Waals surface area contributed by atoms with Gasteiger partial charge in [0, 0.05) is 12.8 Å². The summed E-state index contributed by atoms with van der Waals surface area (Å²) >= 11 is 0. The number of aliphatic hydroxyl groups excluding tert-OH is 1. The fourth-order valence-corrected chi connectivity index (χ4v) is 4.79. The summed E-state index contributed by atoms with van der Waals surface area (Å²) in [6.07, 6.45) is 52.1. The van der Waals surface area contributed by atoms with Gasteiger partial charge in [0.2, 0.25) is 0 Å². The molecule has 0 aromatic carbocycles. The van der Waals surface area contributed by atoms with Gasteiger partial charge in [-0.25, -0.2) is 0 Å². The zero-order chi connectivity index (χ0) is 35.0. The van der Waals surface area contributed by atoms with E-state index in [2.05, 4.69) is 98.9 Å². The van der Waals surface area contributed by atoms with Gasteiger partial charge >= 0.3 is 11.9 Å². The molecule has 0 aliphatic heterocycles. The number of allylic oxidation sites excluding steroid dienone is 14. The van der Waals surface area contributed by atoms with Crippen molar-refractivity contribution in [2.45, 2.75) is 161 Å². The van der Waals surface area contributed by atoms with Crippen LogP contribution in [0.1, 0.15) is 155 Å². The summed E-state index contributed by atoms with van der Waals surface area (Å²) in [5.74, 6) is -0.689. The monoisotopic (exact) mass is 667 g/mol. The van der Waals surface area contributed by atoms with Crippen molar-refractivity contribution in [3.8, 4) is 0 Å². The third kappa shape index (κ3) is 35.9. The van der Waals surface area contributed by atoms with Gasteiger partial charge in [-0.05, 0) is 83.5 Å². The molecule has 272 valence electrons. The molecule has 0 aromatic rings. The smallest absolute Gasteiger partial charge is 0.306 e. The first-order valence-corrected chi connectivity index (χ1v) is 19.1. The first-order chi connectivity index (χ1) is 23.6. The normalized spacial score (nSPS) is 13.1. The Morgan fingerprint density at radius 3 is 1.42 bits per heavy atom. The first-order valence-electron chi connectivity index (χ1n) is 19.1. The maximum absolute atomic E-state index is 12.1. The fraction of sp³-hybridized carbons (Fsp3) is 0.628. The molecule has 0 saturated heterocycles. The molecule has 0 saturated carbocycles. The van der Waals surface area contributed by atoms with E-state index < -0.39 is 6.10 Å². The number of aliphatic hydroxyl groups is 1.